The molecule has 0 atom stereocenters. The molecule has 0 bridgehead atoms. The van der Waals surface area contributed by atoms with Crippen LogP contribution in [-0.4, -0.2) is 10.9 Å². The Kier molecular flexibility index (Phi) is 15.8. The van der Waals surface area contributed by atoms with Gasteiger partial charge >= 0.3 is 0 Å². The van der Waals surface area contributed by atoms with Crippen molar-refractivity contribution >= 4 is 23.2 Å². The third kappa shape index (κ3) is 8.42. The van der Waals surface area contributed by atoms with Crippen molar-refractivity contribution in [2.24, 2.45) is 0 Å². The van der Waals surface area contributed by atoms with Gasteiger partial charge < -0.3 is 5.32 Å². The van der Waals surface area contributed by atoms with Gasteiger partial charge in [-0.25, -0.2) is 4.98 Å². The zero-order valence-electron chi connectivity index (χ0n) is 14.4. The Hall–Kier alpha value is -1.87. The fourth-order valence-corrected chi connectivity index (χ4v) is 1.48. The van der Waals surface area contributed by atoms with E-state index in [0.29, 0.717) is 5.56 Å². The van der Waals surface area contributed by atoms with E-state index >= 15 is 0 Å². The first-order valence-electron chi connectivity index (χ1n) is 7.74. The molecule has 1 heterocycles. The minimum absolute atomic E-state index is 0.205. The molecule has 0 unspecified atom stereocenters. The highest BCUT2D eigenvalue weighted by molar-refractivity contribution is 6.33. The maximum Gasteiger partial charge on any atom is 0.258 e. The third-order valence-corrected chi connectivity index (χ3v) is 2.34. The van der Waals surface area contributed by atoms with Crippen molar-refractivity contribution in [1.29, 1.82) is 0 Å². The number of benzene rings is 1. The van der Waals surface area contributed by atoms with Crippen molar-refractivity contribution in [3.8, 4) is 0 Å². The number of carbonyl (C=O) groups excluding carboxylic acids is 1. The number of aromatic nitrogens is 1. The molecule has 0 saturated carbocycles. The summed E-state index contributed by atoms with van der Waals surface area (Å²) in [5, 5.41) is 2.94. The quantitative estimate of drug-likeness (QED) is 0.682. The van der Waals surface area contributed by atoms with E-state index < -0.39 is 0 Å². The molecule has 2 aromatic rings. The molecule has 0 saturated heterocycles. The Morgan fingerprint density at radius 1 is 0.909 bits per heavy atom. The number of rotatable bonds is 2. The van der Waals surface area contributed by atoms with Crippen LogP contribution in [0.1, 0.15) is 51.9 Å². The predicted octanol–water partition coefficient (Wildman–Crippen LogP) is 6.07. The average Bonchev–Trinajstić information content (AvgIpc) is 2.61. The van der Waals surface area contributed by atoms with Crippen molar-refractivity contribution in [3.05, 3.63) is 59.4 Å². The van der Waals surface area contributed by atoms with Gasteiger partial charge in [0.2, 0.25) is 0 Å². The molecule has 122 valence electrons. The van der Waals surface area contributed by atoms with Crippen molar-refractivity contribution in [2.45, 2.75) is 41.5 Å². The summed E-state index contributed by atoms with van der Waals surface area (Å²) in [7, 11) is 0. The Morgan fingerprint density at radius 3 is 1.95 bits per heavy atom. The van der Waals surface area contributed by atoms with Gasteiger partial charge in [-0.05, 0) is 24.3 Å². The molecule has 0 spiro atoms. The zero-order valence-corrected chi connectivity index (χ0v) is 15.1. The molecular weight excluding hydrogens is 296 g/mol. The van der Waals surface area contributed by atoms with Crippen LogP contribution in [0.25, 0.3) is 0 Å². The summed E-state index contributed by atoms with van der Waals surface area (Å²) in [6.45, 7) is 12.0. The topological polar surface area (TPSA) is 42.0 Å². The van der Waals surface area contributed by atoms with Crippen LogP contribution in [0.4, 0.5) is 5.69 Å². The SMILES string of the molecule is CC.CC.CC.O=C(Nc1ccccc1)c1cccnc1Cl. The molecule has 3 nitrogen and oxygen atoms in total. The van der Waals surface area contributed by atoms with Crippen LogP contribution < -0.4 is 5.32 Å². The number of halogens is 1. The van der Waals surface area contributed by atoms with Crippen LogP contribution in [0.3, 0.4) is 0 Å². The summed E-state index contributed by atoms with van der Waals surface area (Å²) in [5.41, 5.74) is 1.10. The molecule has 0 radical (unpaired) electrons. The average molecular weight is 323 g/mol. The standard InChI is InChI=1S/C12H9ClN2O.3C2H6/c13-11-10(7-4-8-14-11)12(16)15-9-5-2-1-3-6-9;3*1-2/h1-8H,(H,15,16);3*1-2H3. The van der Waals surface area contributed by atoms with Gasteiger partial charge in [0.25, 0.3) is 5.91 Å². The minimum Gasteiger partial charge on any atom is -0.322 e. The van der Waals surface area contributed by atoms with Gasteiger partial charge in [0.15, 0.2) is 0 Å². The number of nitrogens with one attached hydrogen (secondary N) is 1. The first-order chi connectivity index (χ1) is 10.8. The van der Waals surface area contributed by atoms with Crippen LogP contribution in [0.15, 0.2) is 48.7 Å². The molecule has 0 aliphatic heterocycles. The smallest absolute Gasteiger partial charge is 0.258 e. The summed E-state index contributed by atoms with van der Waals surface area (Å²) in [6, 6.07) is 12.5. The molecule has 0 aliphatic rings. The number of pyridine rings is 1. The first kappa shape index (κ1) is 22.4. The summed E-state index contributed by atoms with van der Waals surface area (Å²) < 4.78 is 0. The van der Waals surface area contributed by atoms with Crippen LogP contribution in [0, 0.1) is 0 Å². The second-order valence-electron chi connectivity index (χ2n) is 3.16. The van der Waals surface area contributed by atoms with Gasteiger partial charge in [-0.3, -0.25) is 4.79 Å². The van der Waals surface area contributed by atoms with Crippen molar-refractivity contribution in [2.75, 3.05) is 5.32 Å². The normalized spacial score (nSPS) is 7.95. The molecule has 1 aromatic carbocycles. The summed E-state index contributed by atoms with van der Waals surface area (Å²) in [5.74, 6) is -0.260. The van der Waals surface area contributed by atoms with Gasteiger partial charge in [-0.15, -0.1) is 0 Å². The molecule has 4 heteroatoms. The molecule has 0 aliphatic carbocycles. The van der Waals surface area contributed by atoms with E-state index in [4.69, 9.17) is 11.6 Å². The third-order valence-electron chi connectivity index (χ3n) is 2.04. The van der Waals surface area contributed by atoms with E-state index in [9.17, 15) is 4.79 Å². The fraction of sp³-hybridized carbons (Fsp3) is 0.333. The lowest BCUT2D eigenvalue weighted by Gasteiger charge is -2.05. The summed E-state index contributed by atoms with van der Waals surface area (Å²) in [6.07, 6.45) is 1.54. The van der Waals surface area contributed by atoms with Crippen molar-refractivity contribution in [3.63, 3.8) is 0 Å². The second-order valence-corrected chi connectivity index (χ2v) is 3.52. The Labute approximate surface area is 139 Å². The second kappa shape index (κ2) is 15.5. The number of carbonyl (C=O) groups is 1. The Morgan fingerprint density at radius 2 is 1.45 bits per heavy atom. The number of hydrogen-bond donors (Lipinski definition) is 1. The minimum atomic E-state index is -0.260. The lowest BCUT2D eigenvalue weighted by atomic mass is 10.2. The lowest BCUT2D eigenvalue weighted by molar-refractivity contribution is 0.102. The van der Waals surface area contributed by atoms with Gasteiger partial charge in [0, 0.05) is 11.9 Å². The van der Waals surface area contributed by atoms with Gasteiger partial charge in [0.1, 0.15) is 5.15 Å². The molecule has 22 heavy (non-hydrogen) atoms. The number of hydrogen-bond acceptors (Lipinski definition) is 2. The molecular formula is C18H27ClN2O. The maximum absolute atomic E-state index is 11.8. The summed E-state index contributed by atoms with van der Waals surface area (Å²) >= 11 is 5.81. The first-order valence-corrected chi connectivity index (χ1v) is 8.12. The lowest BCUT2D eigenvalue weighted by Crippen LogP contribution is -2.12. The molecule has 1 N–H and O–H groups in total. The Balaban J connectivity index is 0. The van der Waals surface area contributed by atoms with E-state index in [-0.39, 0.29) is 11.1 Å². The van der Waals surface area contributed by atoms with Gasteiger partial charge in [-0.1, -0.05) is 71.3 Å². The highest BCUT2D eigenvalue weighted by atomic mass is 35.5. The molecule has 1 aromatic heterocycles. The number of nitrogens with zero attached hydrogens (tertiary/aromatic N) is 1. The molecule has 1 amide bonds. The van der Waals surface area contributed by atoms with Gasteiger partial charge in [-0.2, -0.15) is 0 Å². The van der Waals surface area contributed by atoms with E-state index in [0.717, 1.165) is 5.69 Å². The highest BCUT2D eigenvalue weighted by Gasteiger charge is 2.10. The summed E-state index contributed by atoms with van der Waals surface area (Å²) in [4.78, 5) is 15.6. The van der Waals surface area contributed by atoms with Crippen LogP contribution in [0.2, 0.25) is 5.15 Å². The predicted molar refractivity (Wildman–Crippen MR) is 97.7 cm³/mol. The maximum atomic E-state index is 11.8. The van der Waals surface area contributed by atoms with E-state index in [1.165, 1.54) is 0 Å². The fourth-order valence-electron chi connectivity index (χ4n) is 1.28. The number of para-hydroxylation sites is 1. The van der Waals surface area contributed by atoms with Crippen LogP contribution in [-0.2, 0) is 0 Å². The van der Waals surface area contributed by atoms with Crippen LogP contribution >= 0.6 is 11.6 Å². The number of amides is 1. The highest BCUT2D eigenvalue weighted by Crippen LogP contribution is 2.14. The van der Waals surface area contributed by atoms with Crippen molar-refractivity contribution < 1.29 is 4.79 Å². The monoisotopic (exact) mass is 322 g/mol. The number of anilines is 1. The van der Waals surface area contributed by atoms with Gasteiger partial charge in [0.05, 0.1) is 5.56 Å². The molecule has 2 rings (SSSR count). The largest absolute Gasteiger partial charge is 0.322 e. The zero-order chi connectivity index (χ0) is 17.4. The van der Waals surface area contributed by atoms with Crippen molar-refractivity contribution in [1.82, 2.24) is 4.98 Å². The van der Waals surface area contributed by atoms with Crippen LogP contribution in [0.5, 0.6) is 0 Å². The Bertz CT molecular complexity index is 501. The van der Waals surface area contributed by atoms with E-state index in [1.54, 1.807) is 18.3 Å². The van der Waals surface area contributed by atoms with E-state index in [1.807, 2.05) is 71.9 Å². The van der Waals surface area contributed by atoms with E-state index in [2.05, 4.69) is 10.3 Å². The molecule has 0 fully saturated rings.